The van der Waals surface area contributed by atoms with E-state index >= 15 is 0 Å². The predicted octanol–water partition coefficient (Wildman–Crippen LogP) is 1.97. The lowest BCUT2D eigenvalue weighted by Gasteiger charge is -2.22. The van der Waals surface area contributed by atoms with Gasteiger partial charge in [-0.05, 0) is 44.0 Å². The predicted molar refractivity (Wildman–Crippen MR) is 73.9 cm³/mol. The number of aromatic nitrogens is 1. The van der Waals surface area contributed by atoms with Crippen LogP contribution in [-0.2, 0) is 6.54 Å². The Morgan fingerprint density at radius 2 is 2.35 bits per heavy atom. The van der Waals surface area contributed by atoms with Gasteiger partial charge in [0, 0.05) is 25.2 Å². The minimum Gasteiger partial charge on any atom is -0.461 e. The van der Waals surface area contributed by atoms with Gasteiger partial charge >= 0.3 is 0 Å². The highest BCUT2D eigenvalue weighted by Gasteiger charge is 2.41. The van der Waals surface area contributed by atoms with Gasteiger partial charge in [0.15, 0.2) is 5.76 Å². The third-order valence-corrected chi connectivity index (χ3v) is 4.74. The van der Waals surface area contributed by atoms with Gasteiger partial charge in [-0.25, -0.2) is 0 Å². The van der Waals surface area contributed by atoms with E-state index in [0.717, 1.165) is 49.5 Å². The first-order valence-electron chi connectivity index (χ1n) is 7.25. The fourth-order valence-electron chi connectivity index (χ4n) is 3.59. The third kappa shape index (κ3) is 1.98. The molecular weight excluding hydrogens is 254 g/mol. The zero-order valence-corrected chi connectivity index (χ0v) is 11.6. The van der Waals surface area contributed by atoms with E-state index in [9.17, 15) is 0 Å². The van der Waals surface area contributed by atoms with E-state index in [2.05, 4.69) is 22.3 Å². The number of nitrogens with one attached hydrogen (secondary N) is 1. The third-order valence-electron chi connectivity index (χ3n) is 4.74. The Hall–Kier alpha value is -1.59. The van der Waals surface area contributed by atoms with Crippen LogP contribution in [0.1, 0.15) is 12.6 Å². The number of fused-ring (bicyclic) bond motifs is 1. The lowest BCUT2D eigenvalue weighted by molar-refractivity contribution is 0.225. The van der Waals surface area contributed by atoms with Gasteiger partial charge in [0.05, 0.1) is 12.0 Å². The summed E-state index contributed by atoms with van der Waals surface area (Å²) in [4.78, 5) is 2.51. The average molecular weight is 273 g/mol. The van der Waals surface area contributed by atoms with Crippen molar-refractivity contribution in [2.75, 3.05) is 19.6 Å². The van der Waals surface area contributed by atoms with Crippen molar-refractivity contribution in [1.29, 1.82) is 0 Å². The van der Waals surface area contributed by atoms with E-state index in [4.69, 9.17) is 8.94 Å². The Kier molecular flexibility index (Phi) is 2.89. The number of hydrogen-bond donors (Lipinski definition) is 1. The number of hydrogen-bond acceptors (Lipinski definition) is 5. The van der Waals surface area contributed by atoms with Crippen LogP contribution in [0, 0.1) is 11.8 Å². The molecule has 2 aromatic rings. The van der Waals surface area contributed by atoms with Gasteiger partial charge in [-0.15, -0.1) is 0 Å². The molecule has 4 heterocycles. The molecule has 1 N–H and O–H groups in total. The Bertz CT molecular complexity index is 578. The zero-order valence-electron chi connectivity index (χ0n) is 11.6. The molecule has 3 atom stereocenters. The summed E-state index contributed by atoms with van der Waals surface area (Å²) in [6, 6.07) is 6.34. The first-order valence-corrected chi connectivity index (χ1v) is 7.25. The lowest BCUT2D eigenvalue weighted by atomic mass is 9.95. The fourth-order valence-corrected chi connectivity index (χ4v) is 3.59. The zero-order chi connectivity index (χ0) is 13.5. The maximum atomic E-state index is 5.37. The molecular formula is C15H19N3O2. The molecule has 2 aliphatic heterocycles. The summed E-state index contributed by atoms with van der Waals surface area (Å²) in [6.07, 6.45) is 1.65. The SMILES string of the molecule is CC1C2CNCC2CN1Cc1cc(-c2ccco2)on1. The second-order valence-electron chi connectivity index (χ2n) is 5.91. The quantitative estimate of drug-likeness (QED) is 0.926. The molecule has 0 saturated carbocycles. The summed E-state index contributed by atoms with van der Waals surface area (Å²) in [7, 11) is 0. The Morgan fingerprint density at radius 1 is 1.40 bits per heavy atom. The second-order valence-corrected chi connectivity index (χ2v) is 5.91. The smallest absolute Gasteiger partial charge is 0.202 e. The lowest BCUT2D eigenvalue weighted by Crippen LogP contribution is -2.32. The van der Waals surface area contributed by atoms with E-state index < -0.39 is 0 Å². The molecule has 2 fully saturated rings. The van der Waals surface area contributed by atoms with Crippen LogP contribution in [0.5, 0.6) is 0 Å². The van der Waals surface area contributed by atoms with Gasteiger partial charge in [-0.2, -0.15) is 0 Å². The average Bonchev–Trinajstić information content (AvgIpc) is 3.19. The van der Waals surface area contributed by atoms with Gasteiger partial charge in [0.25, 0.3) is 0 Å². The maximum absolute atomic E-state index is 5.37. The first kappa shape index (κ1) is 12.2. The van der Waals surface area contributed by atoms with Crippen molar-refractivity contribution in [1.82, 2.24) is 15.4 Å². The standard InChI is InChI=1S/C15H19N3O2/c1-10-13-7-16-6-11(13)8-18(10)9-12-5-15(20-17-12)14-3-2-4-19-14/h2-5,10-11,13,16H,6-9H2,1H3. The second kappa shape index (κ2) is 4.75. The highest BCUT2D eigenvalue weighted by molar-refractivity contribution is 5.49. The fraction of sp³-hybridized carbons (Fsp3) is 0.533. The van der Waals surface area contributed by atoms with E-state index in [0.29, 0.717) is 11.8 Å². The summed E-state index contributed by atoms with van der Waals surface area (Å²) in [5.74, 6) is 3.02. The minimum atomic E-state index is 0.610. The number of likely N-dealkylation sites (tertiary alicyclic amines) is 1. The van der Waals surface area contributed by atoms with Crippen molar-refractivity contribution in [3.05, 3.63) is 30.2 Å². The summed E-state index contributed by atoms with van der Waals surface area (Å²) in [5.41, 5.74) is 0.983. The Balaban J connectivity index is 1.47. The van der Waals surface area contributed by atoms with Crippen LogP contribution in [-0.4, -0.2) is 35.7 Å². The van der Waals surface area contributed by atoms with E-state index in [1.54, 1.807) is 6.26 Å². The van der Waals surface area contributed by atoms with Crippen molar-refractivity contribution in [2.24, 2.45) is 11.8 Å². The van der Waals surface area contributed by atoms with Crippen molar-refractivity contribution < 1.29 is 8.94 Å². The summed E-state index contributed by atoms with van der Waals surface area (Å²) in [6.45, 7) is 6.64. The monoisotopic (exact) mass is 273 g/mol. The van der Waals surface area contributed by atoms with Gasteiger partial charge in [-0.1, -0.05) is 5.16 Å². The molecule has 3 unspecified atom stereocenters. The van der Waals surface area contributed by atoms with Gasteiger partial charge in [0.1, 0.15) is 0 Å². The molecule has 0 radical (unpaired) electrons. The molecule has 5 nitrogen and oxygen atoms in total. The van der Waals surface area contributed by atoms with Crippen LogP contribution in [0.2, 0.25) is 0 Å². The Morgan fingerprint density at radius 3 is 3.15 bits per heavy atom. The largest absolute Gasteiger partial charge is 0.461 e. The minimum absolute atomic E-state index is 0.610. The Labute approximate surface area is 117 Å². The van der Waals surface area contributed by atoms with Crippen LogP contribution in [0.25, 0.3) is 11.5 Å². The van der Waals surface area contributed by atoms with E-state index in [1.807, 2.05) is 18.2 Å². The highest BCUT2D eigenvalue weighted by atomic mass is 16.5. The maximum Gasteiger partial charge on any atom is 0.202 e. The topological polar surface area (TPSA) is 54.4 Å². The molecule has 0 spiro atoms. The number of furan rings is 1. The normalized spacial score (nSPS) is 29.9. The molecule has 0 bridgehead atoms. The van der Waals surface area contributed by atoms with Crippen LogP contribution in [0.3, 0.4) is 0 Å². The summed E-state index contributed by atoms with van der Waals surface area (Å²) < 4.78 is 10.7. The molecule has 106 valence electrons. The molecule has 2 aromatic heterocycles. The van der Waals surface area contributed by atoms with Gasteiger partial charge in [-0.3, -0.25) is 4.90 Å². The number of rotatable bonds is 3. The van der Waals surface area contributed by atoms with Gasteiger partial charge in [0.2, 0.25) is 5.76 Å². The number of nitrogens with zero attached hydrogens (tertiary/aromatic N) is 2. The molecule has 2 saturated heterocycles. The van der Waals surface area contributed by atoms with E-state index in [1.165, 1.54) is 0 Å². The van der Waals surface area contributed by atoms with E-state index in [-0.39, 0.29) is 0 Å². The van der Waals surface area contributed by atoms with Crippen LogP contribution in [0.4, 0.5) is 0 Å². The molecule has 2 aliphatic rings. The van der Waals surface area contributed by atoms with Gasteiger partial charge < -0.3 is 14.3 Å². The first-order chi connectivity index (χ1) is 9.81. The molecule has 0 amide bonds. The molecule has 0 aliphatic carbocycles. The van der Waals surface area contributed by atoms with Crippen molar-refractivity contribution in [3.8, 4) is 11.5 Å². The summed E-state index contributed by atoms with van der Waals surface area (Å²) in [5, 5.41) is 7.66. The molecule has 20 heavy (non-hydrogen) atoms. The summed E-state index contributed by atoms with van der Waals surface area (Å²) >= 11 is 0. The molecule has 0 aromatic carbocycles. The molecule has 4 rings (SSSR count). The van der Waals surface area contributed by atoms with Crippen molar-refractivity contribution >= 4 is 0 Å². The van der Waals surface area contributed by atoms with Crippen molar-refractivity contribution in [3.63, 3.8) is 0 Å². The van der Waals surface area contributed by atoms with Crippen LogP contribution < -0.4 is 5.32 Å². The highest BCUT2D eigenvalue weighted by Crippen LogP contribution is 2.33. The van der Waals surface area contributed by atoms with Crippen molar-refractivity contribution in [2.45, 2.75) is 19.5 Å². The molecule has 5 heteroatoms. The van der Waals surface area contributed by atoms with Crippen LogP contribution in [0.15, 0.2) is 33.4 Å². The van der Waals surface area contributed by atoms with Crippen LogP contribution >= 0.6 is 0 Å².